The van der Waals surface area contributed by atoms with E-state index in [1.165, 1.54) is 16.7 Å². The normalized spacial score (nSPS) is 19.6. The monoisotopic (exact) mass is 312 g/mol. The summed E-state index contributed by atoms with van der Waals surface area (Å²) in [4.78, 5) is 5.02. The fraction of sp³-hybridized carbons (Fsp3) is 0.136. The molecule has 1 N–H and O–H groups in total. The van der Waals surface area contributed by atoms with Crippen molar-refractivity contribution in [3.05, 3.63) is 107 Å². The van der Waals surface area contributed by atoms with E-state index in [9.17, 15) is 0 Å². The van der Waals surface area contributed by atoms with Crippen molar-refractivity contribution in [2.75, 3.05) is 0 Å². The summed E-state index contributed by atoms with van der Waals surface area (Å²) in [7, 11) is 0. The predicted molar refractivity (Wildman–Crippen MR) is 99.2 cm³/mol. The molecule has 0 saturated carbocycles. The van der Waals surface area contributed by atoms with Crippen LogP contribution in [0.1, 0.15) is 34.3 Å². The zero-order valence-corrected chi connectivity index (χ0v) is 13.7. The molecule has 2 nitrogen and oxygen atoms in total. The van der Waals surface area contributed by atoms with Gasteiger partial charge in [-0.3, -0.25) is 4.99 Å². The first-order valence-electron chi connectivity index (χ1n) is 8.32. The van der Waals surface area contributed by atoms with Crippen LogP contribution in [0.5, 0.6) is 0 Å². The van der Waals surface area contributed by atoms with E-state index in [1.54, 1.807) is 0 Å². The highest BCUT2D eigenvalue weighted by molar-refractivity contribution is 6.00. The Morgan fingerprint density at radius 1 is 0.708 bits per heavy atom. The zero-order chi connectivity index (χ0) is 16.4. The van der Waals surface area contributed by atoms with Crippen LogP contribution >= 0.6 is 0 Å². The molecule has 0 amide bonds. The minimum absolute atomic E-state index is 0.0879. The second-order valence-electron chi connectivity index (χ2n) is 6.23. The summed E-state index contributed by atoms with van der Waals surface area (Å²) in [5.41, 5.74) is 4.90. The van der Waals surface area contributed by atoms with Gasteiger partial charge in [-0.1, -0.05) is 90.5 Å². The molecule has 2 atom stereocenters. The summed E-state index contributed by atoms with van der Waals surface area (Å²) in [6.45, 7) is 2.10. The third-order valence-electron chi connectivity index (χ3n) is 4.50. The Balaban J connectivity index is 1.74. The van der Waals surface area contributed by atoms with Crippen LogP contribution in [0, 0.1) is 6.92 Å². The average Bonchev–Trinajstić information content (AvgIpc) is 3.09. The molecule has 24 heavy (non-hydrogen) atoms. The second kappa shape index (κ2) is 6.32. The van der Waals surface area contributed by atoms with Crippen molar-refractivity contribution < 1.29 is 0 Å². The molecule has 0 spiro atoms. The van der Waals surface area contributed by atoms with Gasteiger partial charge in [-0.15, -0.1) is 0 Å². The van der Waals surface area contributed by atoms with Crippen LogP contribution in [-0.4, -0.2) is 5.84 Å². The molecule has 0 aromatic heterocycles. The van der Waals surface area contributed by atoms with Gasteiger partial charge in [-0.2, -0.15) is 0 Å². The van der Waals surface area contributed by atoms with Crippen LogP contribution in [-0.2, 0) is 0 Å². The van der Waals surface area contributed by atoms with E-state index in [2.05, 4.69) is 91.1 Å². The van der Waals surface area contributed by atoms with E-state index in [-0.39, 0.29) is 12.1 Å². The summed E-state index contributed by atoms with van der Waals surface area (Å²) >= 11 is 0. The van der Waals surface area contributed by atoms with Gasteiger partial charge in [0.05, 0.1) is 6.04 Å². The van der Waals surface area contributed by atoms with Gasteiger partial charge in [0, 0.05) is 5.56 Å². The molecule has 3 aromatic rings. The number of aryl methyl sites for hydroxylation is 1. The van der Waals surface area contributed by atoms with Gasteiger partial charge in [-0.25, -0.2) is 0 Å². The molecule has 3 aromatic carbocycles. The summed E-state index contributed by atoms with van der Waals surface area (Å²) in [5, 5.41) is 3.64. The Kier molecular flexibility index (Phi) is 3.87. The predicted octanol–water partition coefficient (Wildman–Crippen LogP) is 4.83. The minimum Gasteiger partial charge on any atom is -0.361 e. The number of aliphatic imine (C=N–C) groups is 1. The average molecular weight is 312 g/mol. The largest absolute Gasteiger partial charge is 0.361 e. The highest BCUT2D eigenvalue weighted by atomic mass is 15.1. The minimum atomic E-state index is 0.0879. The van der Waals surface area contributed by atoms with Crippen LogP contribution in [0.4, 0.5) is 0 Å². The van der Waals surface area contributed by atoms with Gasteiger partial charge in [0.15, 0.2) is 0 Å². The van der Waals surface area contributed by atoms with Crippen molar-refractivity contribution in [3.8, 4) is 0 Å². The van der Waals surface area contributed by atoms with E-state index in [1.807, 2.05) is 6.07 Å². The highest BCUT2D eigenvalue weighted by Gasteiger charge is 2.31. The number of benzene rings is 3. The Bertz CT molecular complexity index is 836. The van der Waals surface area contributed by atoms with Gasteiger partial charge in [0.2, 0.25) is 0 Å². The molecule has 2 heteroatoms. The molecule has 0 aliphatic carbocycles. The molecule has 0 fully saturated rings. The Labute approximate surface area is 142 Å². The quantitative estimate of drug-likeness (QED) is 0.736. The lowest BCUT2D eigenvalue weighted by Gasteiger charge is -2.19. The molecule has 1 aliphatic heterocycles. The van der Waals surface area contributed by atoms with Gasteiger partial charge in [-0.05, 0) is 18.1 Å². The van der Waals surface area contributed by atoms with Crippen LogP contribution in [0.25, 0.3) is 0 Å². The molecular weight excluding hydrogens is 292 g/mol. The van der Waals surface area contributed by atoms with Crippen molar-refractivity contribution in [2.45, 2.75) is 19.0 Å². The second-order valence-corrected chi connectivity index (χ2v) is 6.23. The molecule has 4 rings (SSSR count). The van der Waals surface area contributed by atoms with Crippen LogP contribution in [0.3, 0.4) is 0 Å². The van der Waals surface area contributed by atoms with E-state index in [0.717, 1.165) is 11.4 Å². The summed E-state index contributed by atoms with van der Waals surface area (Å²) in [6.07, 6.45) is 0. The van der Waals surface area contributed by atoms with E-state index in [0.29, 0.717) is 0 Å². The first-order valence-corrected chi connectivity index (χ1v) is 8.32. The molecule has 0 unspecified atom stereocenters. The number of rotatable bonds is 3. The molecule has 0 bridgehead atoms. The number of hydrogen-bond donors (Lipinski definition) is 1. The van der Waals surface area contributed by atoms with Crippen molar-refractivity contribution in [1.29, 1.82) is 0 Å². The van der Waals surface area contributed by atoms with Crippen LogP contribution < -0.4 is 5.32 Å². The lowest BCUT2D eigenvalue weighted by Crippen LogP contribution is -2.25. The summed E-state index contributed by atoms with van der Waals surface area (Å²) in [5.74, 6) is 0.970. The first-order chi connectivity index (χ1) is 11.8. The third-order valence-corrected chi connectivity index (χ3v) is 4.50. The Morgan fingerprint density at radius 3 is 1.92 bits per heavy atom. The van der Waals surface area contributed by atoms with Crippen molar-refractivity contribution in [3.63, 3.8) is 0 Å². The van der Waals surface area contributed by atoms with Crippen molar-refractivity contribution in [2.24, 2.45) is 4.99 Å². The molecule has 118 valence electrons. The van der Waals surface area contributed by atoms with Gasteiger partial charge < -0.3 is 5.32 Å². The zero-order valence-electron chi connectivity index (χ0n) is 13.7. The van der Waals surface area contributed by atoms with Crippen LogP contribution in [0.15, 0.2) is 89.9 Å². The maximum absolute atomic E-state index is 5.02. The van der Waals surface area contributed by atoms with Crippen molar-refractivity contribution >= 4 is 5.84 Å². The molecular formula is C22H20N2. The van der Waals surface area contributed by atoms with Crippen molar-refractivity contribution in [1.82, 2.24) is 5.32 Å². The smallest absolute Gasteiger partial charge is 0.129 e. The summed E-state index contributed by atoms with van der Waals surface area (Å²) < 4.78 is 0. The fourth-order valence-electron chi connectivity index (χ4n) is 3.19. The molecule has 0 saturated heterocycles. The number of hydrogen-bond acceptors (Lipinski definition) is 2. The highest BCUT2D eigenvalue weighted by Crippen LogP contribution is 2.36. The lowest BCUT2D eigenvalue weighted by molar-refractivity contribution is 0.572. The first kappa shape index (κ1) is 14.7. The maximum Gasteiger partial charge on any atom is 0.129 e. The van der Waals surface area contributed by atoms with E-state index >= 15 is 0 Å². The lowest BCUT2D eigenvalue weighted by atomic mass is 9.95. The Morgan fingerprint density at radius 2 is 1.29 bits per heavy atom. The third kappa shape index (κ3) is 2.83. The van der Waals surface area contributed by atoms with E-state index < -0.39 is 0 Å². The SMILES string of the molecule is Cc1ccc(C2=N[C@@H](c3ccccc3)[C@@H](c3ccccc3)N2)cc1. The fourth-order valence-corrected chi connectivity index (χ4v) is 3.19. The maximum atomic E-state index is 5.02. The summed E-state index contributed by atoms with van der Waals surface area (Å²) in [6, 6.07) is 29.9. The van der Waals surface area contributed by atoms with Gasteiger partial charge >= 0.3 is 0 Å². The number of amidine groups is 1. The molecule has 1 aliphatic rings. The van der Waals surface area contributed by atoms with Crippen LogP contribution in [0.2, 0.25) is 0 Å². The molecule has 0 radical (unpaired) electrons. The molecule has 1 heterocycles. The number of nitrogens with one attached hydrogen (secondary N) is 1. The topological polar surface area (TPSA) is 24.4 Å². The Hall–Kier alpha value is -2.87. The standard InChI is InChI=1S/C22H20N2/c1-16-12-14-19(15-13-16)22-23-20(17-8-4-2-5-9-17)21(24-22)18-10-6-3-7-11-18/h2-15,20-21H,1H3,(H,23,24)/t20-,21+. The van der Waals surface area contributed by atoms with Gasteiger partial charge in [0.1, 0.15) is 11.9 Å². The number of nitrogens with zero attached hydrogens (tertiary/aromatic N) is 1. The van der Waals surface area contributed by atoms with E-state index in [4.69, 9.17) is 4.99 Å². The van der Waals surface area contributed by atoms with Gasteiger partial charge in [0.25, 0.3) is 0 Å².